The SMILES string of the molecule is C=CCNc1cc(NCCNC)ncn1. The highest BCUT2D eigenvalue weighted by Crippen LogP contribution is 2.07. The monoisotopic (exact) mass is 207 g/mol. The minimum absolute atomic E-state index is 0.701. The number of rotatable bonds is 7. The van der Waals surface area contributed by atoms with Crippen LogP contribution in [-0.4, -0.2) is 36.6 Å². The second-order valence-corrected chi connectivity index (χ2v) is 2.99. The summed E-state index contributed by atoms with van der Waals surface area (Å²) in [6.45, 7) is 6.07. The van der Waals surface area contributed by atoms with E-state index in [1.54, 1.807) is 6.08 Å². The molecule has 0 saturated heterocycles. The first-order valence-electron chi connectivity index (χ1n) is 4.92. The van der Waals surface area contributed by atoms with E-state index in [0.717, 1.165) is 24.7 Å². The van der Waals surface area contributed by atoms with Crippen LogP contribution in [0.1, 0.15) is 0 Å². The van der Waals surface area contributed by atoms with Crippen molar-refractivity contribution in [1.29, 1.82) is 0 Å². The fourth-order valence-electron chi connectivity index (χ4n) is 1.04. The fraction of sp³-hybridized carbons (Fsp3) is 0.400. The van der Waals surface area contributed by atoms with Crippen LogP contribution in [0.3, 0.4) is 0 Å². The van der Waals surface area contributed by atoms with Gasteiger partial charge in [-0.3, -0.25) is 0 Å². The molecule has 1 rings (SSSR count). The first-order chi connectivity index (χ1) is 7.36. The lowest BCUT2D eigenvalue weighted by atomic mass is 10.5. The number of nitrogens with one attached hydrogen (secondary N) is 3. The van der Waals surface area contributed by atoms with Crippen molar-refractivity contribution in [3.8, 4) is 0 Å². The van der Waals surface area contributed by atoms with Crippen LogP contribution in [0.5, 0.6) is 0 Å². The molecule has 5 heteroatoms. The molecule has 0 spiro atoms. The maximum atomic E-state index is 4.10. The number of nitrogens with zero attached hydrogens (tertiary/aromatic N) is 2. The van der Waals surface area contributed by atoms with Crippen molar-refractivity contribution < 1.29 is 0 Å². The summed E-state index contributed by atoms with van der Waals surface area (Å²) in [7, 11) is 1.92. The summed E-state index contributed by atoms with van der Waals surface area (Å²) in [4.78, 5) is 8.18. The predicted molar refractivity (Wildman–Crippen MR) is 63.1 cm³/mol. The Balaban J connectivity index is 2.46. The predicted octanol–water partition coefficient (Wildman–Crippen LogP) is 0.706. The first-order valence-corrected chi connectivity index (χ1v) is 4.92. The van der Waals surface area contributed by atoms with Crippen molar-refractivity contribution in [3.05, 3.63) is 25.0 Å². The Hall–Kier alpha value is -1.62. The third kappa shape index (κ3) is 4.42. The van der Waals surface area contributed by atoms with Crippen molar-refractivity contribution in [1.82, 2.24) is 15.3 Å². The van der Waals surface area contributed by atoms with Crippen LogP contribution in [0.4, 0.5) is 11.6 Å². The summed E-state index contributed by atoms with van der Waals surface area (Å²) in [5.41, 5.74) is 0. The van der Waals surface area contributed by atoms with Crippen molar-refractivity contribution in [2.75, 3.05) is 37.3 Å². The quantitative estimate of drug-likeness (QED) is 0.454. The molecule has 0 atom stereocenters. The summed E-state index contributed by atoms with van der Waals surface area (Å²) < 4.78 is 0. The van der Waals surface area contributed by atoms with Gasteiger partial charge in [0.1, 0.15) is 18.0 Å². The largest absolute Gasteiger partial charge is 0.369 e. The molecule has 0 fully saturated rings. The fourth-order valence-corrected chi connectivity index (χ4v) is 1.04. The van der Waals surface area contributed by atoms with E-state index >= 15 is 0 Å². The molecule has 15 heavy (non-hydrogen) atoms. The highest BCUT2D eigenvalue weighted by atomic mass is 15.1. The molecule has 0 radical (unpaired) electrons. The maximum absolute atomic E-state index is 4.10. The molecule has 3 N–H and O–H groups in total. The Morgan fingerprint density at radius 3 is 2.67 bits per heavy atom. The van der Waals surface area contributed by atoms with Crippen LogP contribution >= 0.6 is 0 Å². The molecule has 0 bridgehead atoms. The van der Waals surface area contributed by atoms with E-state index in [9.17, 15) is 0 Å². The molecule has 0 saturated carbocycles. The van der Waals surface area contributed by atoms with E-state index in [1.165, 1.54) is 6.33 Å². The van der Waals surface area contributed by atoms with Gasteiger partial charge in [-0.1, -0.05) is 6.08 Å². The number of aromatic nitrogens is 2. The van der Waals surface area contributed by atoms with Crippen molar-refractivity contribution in [2.24, 2.45) is 0 Å². The van der Waals surface area contributed by atoms with Gasteiger partial charge in [0.15, 0.2) is 0 Å². The molecule has 0 aliphatic rings. The van der Waals surface area contributed by atoms with Gasteiger partial charge in [-0.15, -0.1) is 6.58 Å². The smallest absolute Gasteiger partial charge is 0.131 e. The van der Waals surface area contributed by atoms with Gasteiger partial charge in [-0.05, 0) is 7.05 Å². The number of anilines is 2. The average Bonchev–Trinajstić information content (AvgIpc) is 2.27. The van der Waals surface area contributed by atoms with Gasteiger partial charge in [-0.25, -0.2) is 9.97 Å². The molecule has 1 heterocycles. The Labute approximate surface area is 90.0 Å². The van der Waals surface area contributed by atoms with Gasteiger partial charge < -0.3 is 16.0 Å². The maximum Gasteiger partial charge on any atom is 0.131 e. The first kappa shape index (κ1) is 11.5. The molecule has 1 aromatic heterocycles. The molecular formula is C10H17N5. The summed E-state index contributed by atoms with van der Waals surface area (Å²) in [5.74, 6) is 1.63. The van der Waals surface area contributed by atoms with E-state index < -0.39 is 0 Å². The van der Waals surface area contributed by atoms with E-state index in [1.807, 2.05) is 13.1 Å². The molecule has 0 unspecified atom stereocenters. The zero-order valence-electron chi connectivity index (χ0n) is 8.95. The topological polar surface area (TPSA) is 61.9 Å². The minimum atomic E-state index is 0.701. The van der Waals surface area contributed by atoms with Gasteiger partial charge in [0.25, 0.3) is 0 Å². The van der Waals surface area contributed by atoms with Gasteiger partial charge in [-0.2, -0.15) is 0 Å². The lowest BCUT2D eigenvalue weighted by Crippen LogP contribution is -2.18. The van der Waals surface area contributed by atoms with Gasteiger partial charge >= 0.3 is 0 Å². The highest BCUT2D eigenvalue weighted by Gasteiger charge is 1.96. The number of hydrogen-bond acceptors (Lipinski definition) is 5. The Morgan fingerprint density at radius 1 is 1.27 bits per heavy atom. The minimum Gasteiger partial charge on any atom is -0.369 e. The van der Waals surface area contributed by atoms with E-state index in [2.05, 4.69) is 32.5 Å². The molecule has 5 nitrogen and oxygen atoms in total. The third-order valence-corrected chi connectivity index (χ3v) is 1.78. The zero-order valence-corrected chi connectivity index (χ0v) is 8.95. The summed E-state index contributed by atoms with van der Waals surface area (Å²) in [5, 5.41) is 9.34. The number of hydrogen-bond donors (Lipinski definition) is 3. The van der Waals surface area contributed by atoms with Crippen molar-refractivity contribution in [2.45, 2.75) is 0 Å². The molecule has 0 aliphatic heterocycles. The van der Waals surface area contributed by atoms with Crippen LogP contribution in [0.2, 0.25) is 0 Å². The average molecular weight is 207 g/mol. The second-order valence-electron chi connectivity index (χ2n) is 2.99. The van der Waals surface area contributed by atoms with E-state index in [0.29, 0.717) is 6.54 Å². The summed E-state index contributed by atoms with van der Waals surface area (Å²) in [6.07, 6.45) is 3.32. The Morgan fingerprint density at radius 2 is 2.00 bits per heavy atom. The summed E-state index contributed by atoms with van der Waals surface area (Å²) >= 11 is 0. The number of likely N-dealkylation sites (N-methyl/N-ethyl adjacent to an activating group) is 1. The normalized spacial score (nSPS) is 9.67. The lowest BCUT2D eigenvalue weighted by molar-refractivity contribution is 0.821. The highest BCUT2D eigenvalue weighted by molar-refractivity contribution is 5.46. The molecule has 1 aromatic rings. The standard InChI is InChI=1S/C10H17N5/c1-3-4-12-9-7-10(15-8-14-9)13-6-5-11-2/h3,7-8,11H,1,4-6H2,2H3,(H2,12,13,14,15). The van der Waals surface area contributed by atoms with E-state index in [4.69, 9.17) is 0 Å². The van der Waals surface area contributed by atoms with Gasteiger partial charge in [0, 0.05) is 25.7 Å². The van der Waals surface area contributed by atoms with Crippen LogP contribution in [0.15, 0.2) is 25.0 Å². The van der Waals surface area contributed by atoms with E-state index in [-0.39, 0.29) is 0 Å². The zero-order chi connectivity index (χ0) is 10.9. The van der Waals surface area contributed by atoms with Crippen molar-refractivity contribution in [3.63, 3.8) is 0 Å². The summed E-state index contributed by atoms with van der Waals surface area (Å²) in [6, 6.07) is 1.87. The second kappa shape index (κ2) is 6.78. The molecule has 0 aliphatic carbocycles. The van der Waals surface area contributed by atoms with Crippen molar-refractivity contribution >= 4 is 11.6 Å². The van der Waals surface area contributed by atoms with Crippen LogP contribution in [0.25, 0.3) is 0 Å². The van der Waals surface area contributed by atoms with Crippen LogP contribution < -0.4 is 16.0 Å². The van der Waals surface area contributed by atoms with Gasteiger partial charge in [0.05, 0.1) is 0 Å². The Bertz CT molecular complexity index is 300. The molecular weight excluding hydrogens is 190 g/mol. The van der Waals surface area contributed by atoms with Gasteiger partial charge in [0.2, 0.25) is 0 Å². The Kier molecular flexibility index (Phi) is 5.18. The third-order valence-electron chi connectivity index (χ3n) is 1.78. The van der Waals surface area contributed by atoms with Crippen LogP contribution in [0, 0.1) is 0 Å². The molecule has 0 aromatic carbocycles. The lowest BCUT2D eigenvalue weighted by Gasteiger charge is -2.06. The molecule has 0 amide bonds. The molecule has 82 valence electrons. The van der Waals surface area contributed by atoms with Crippen LogP contribution in [-0.2, 0) is 0 Å².